The molecule has 1 N–H and O–H groups in total. The second-order valence-corrected chi connectivity index (χ2v) is 8.57. The molecule has 0 bridgehead atoms. The van der Waals surface area contributed by atoms with E-state index in [4.69, 9.17) is 9.72 Å². The molecular formula is C22H25BrN4O3. The molecule has 3 aromatic rings. The van der Waals surface area contributed by atoms with Crippen molar-refractivity contribution in [2.24, 2.45) is 0 Å². The lowest BCUT2D eigenvalue weighted by molar-refractivity contribution is -0.143. The van der Waals surface area contributed by atoms with Gasteiger partial charge in [0.25, 0.3) is 5.91 Å². The number of nitrogens with one attached hydrogen (secondary N) is 1. The van der Waals surface area contributed by atoms with Crippen LogP contribution >= 0.6 is 15.9 Å². The van der Waals surface area contributed by atoms with E-state index in [9.17, 15) is 9.59 Å². The molecule has 7 nitrogen and oxygen atoms in total. The fourth-order valence-corrected chi connectivity index (χ4v) is 3.42. The molecule has 0 fully saturated rings. The summed E-state index contributed by atoms with van der Waals surface area (Å²) in [6.45, 7) is 8.06. The lowest BCUT2D eigenvalue weighted by Gasteiger charge is -2.18. The molecule has 0 spiro atoms. The third kappa shape index (κ3) is 4.38. The van der Waals surface area contributed by atoms with Gasteiger partial charge in [-0.25, -0.2) is 14.5 Å². The Balaban J connectivity index is 2.06. The van der Waals surface area contributed by atoms with E-state index in [0.29, 0.717) is 22.2 Å². The van der Waals surface area contributed by atoms with Crippen molar-refractivity contribution in [2.45, 2.75) is 45.7 Å². The van der Waals surface area contributed by atoms with Crippen LogP contribution in [0, 0.1) is 0 Å². The molecule has 2 heterocycles. The normalized spacial score (nSPS) is 12.4. The first-order chi connectivity index (χ1) is 14.2. The predicted molar refractivity (Wildman–Crippen MR) is 118 cm³/mol. The number of hydrogen-bond donors (Lipinski definition) is 1. The lowest BCUT2D eigenvalue weighted by atomic mass is 10.0. The SMILES string of the molecule is COC(=O)C(NC(=O)c1cc(C(C)C)nc2c1cnn2C(C)C)c1ccc(Br)cc1. The molecule has 8 heteroatoms. The van der Waals surface area contributed by atoms with Crippen LogP contribution in [-0.2, 0) is 9.53 Å². The van der Waals surface area contributed by atoms with Crippen molar-refractivity contribution in [1.29, 1.82) is 0 Å². The summed E-state index contributed by atoms with van der Waals surface area (Å²) in [6.07, 6.45) is 1.65. The first-order valence-electron chi connectivity index (χ1n) is 9.75. The number of methoxy groups -OCH3 is 1. The Labute approximate surface area is 184 Å². The highest BCUT2D eigenvalue weighted by molar-refractivity contribution is 9.10. The average molecular weight is 473 g/mol. The summed E-state index contributed by atoms with van der Waals surface area (Å²) in [6, 6.07) is 8.09. The number of aromatic nitrogens is 3. The fourth-order valence-electron chi connectivity index (χ4n) is 3.16. The second-order valence-electron chi connectivity index (χ2n) is 7.65. The standard InChI is InChI=1S/C22H25BrN4O3/c1-12(2)18-10-16(17-11-24-27(13(3)4)20(17)25-18)21(28)26-19(22(29)30-5)14-6-8-15(23)9-7-14/h6-13,19H,1-5H3,(H,26,28). The zero-order valence-corrected chi connectivity index (χ0v) is 19.2. The highest BCUT2D eigenvalue weighted by atomic mass is 79.9. The quantitative estimate of drug-likeness (QED) is 0.532. The molecule has 0 aliphatic carbocycles. The summed E-state index contributed by atoms with van der Waals surface area (Å²) in [5.74, 6) is -0.803. The molecule has 158 valence electrons. The number of pyridine rings is 1. The van der Waals surface area contributed by atoms with Gasteiger partial charge in [0.2, 0.25) is 0 Å². The smallest absolute Gasteiger partial charge is 0.333 e. The van der Waals surface area contributed by atoms with Gasteiger partial charge in [0.15, 0.2) is 11.7 Å². The number of esters is 1. The Kier molecular flexibility index (Phi) is 6.55. The first-order valence-corrected chi connectivity index (χ1v) is 10.5. The van der Waals surface area contributed by atoms with Gasteiger partial charge in [0.1, 0.15) is 0 Å². The van der Waals surface area contributed by atoms with Crippen molar-refractivity contribution < 1.29 is 14.3 Å². The zero-order valence-electron chi connectivity index (χ0n) is 17.6. The van der Waals surface area contributed by atoms with Gasteiger partial charge in [-0.05, 0) is 43.5 Å². The van der Waals surface area contributed by atoms with Crippen LogP contribution in [0.5, 0.6) is 0 Å². The molecule has 0 saturated carbocycles. The molecule has 0 saturated heterocycles. The number of amides is 1. The Hall–Kier alpha value is -2.74. The number of hydrogen-bond acceptors (Lipinski definition) is 5. The van der Waals surface area contributed by atoms with E-state index in [2.05, 4.69) is 26.3 Å². The Bertz CT molecular complexity index is 1070. The van der Waals surface area contributed by atoms with Crippen molar-refractivity contribution in [3.8, 4) is 0 Å². The summed E-state index contributed by atoms with van der Waals surface area (Å²) in [5, 5.41) is 7.88. The van der Waals surface area contributed by atoms with Crippen molar-refractivity contribution in [3.05, 3.63) is 57.8 Å². The monoisotopic (exact) mass is 472 g/mol. The summed E-state index contributed by atoms with van der Waals surface area (Å²) < 4.78 is 7.60. The average Bonchev–Trinajstić information content (AvgIpc) is 3.15. The molecule has 1 amide bonds. The number of benzene rings is 1. The number of rotatable bonds is 6. The van der Waals surface area contributed by atoms with E-state index in [0.717, 1.165) is 10.2 Å². The van der Waals surface area contributed by atoms with Gasteiger partial charge in [-0.2, -0.15) is 5.10 Å². The van der Waals surface area contributed by atoms with Gasteiger partial charge in [0.05, 0.1) is 24.3 Å². The summed E-state index contributed by atoms with van der Waals surface area (Å²) in [5.41, 5.74) is 2.50. The molecule has 2 aromatic heterocycles. The molecule has 0 radical (unpaired) electrons. The Morgan fingerprint density at radius 2 is 1.80 bits per heavy atom. The predicted octanol–water partition coefficient (Wildman–Crippen LogP) is 4.54. The van der Waals surface area contributed by atoms with Gasteiger partial charge in [-0.15, -0.1) is 0 Å². The molecule has 1 atom stereocenters. The van der Waals surface area contributed by atoms with Crippen molar-refractivity contribution in [2.75, 3.05) is 7.11 Å². The van der Waals surface area contributed by atoms with Crippen molar-refractivity contribution in [1.82, 2.24) is 20.1 Å². The zero-order chi connectivity index (χ0) is 22.0. The highest BCUT2D eigenvalue weighted by Crippen LogP contribution is 2.25. The van der Waals surface area contributed by atoms with Gasteiger partial charge in [-0.3, -0.25) is 4.79 Å². The van der Waals surface area contributed by atoms with E-state index in [-0.39, 0.29) is 17.9 Å². The fraction of sp³-hybridized carbons (Fsp3) is 0.364. The largest absolute Gasteiger partial charge is 0.467 e. The van der Waals surface area contributed by atoms with E-state index < -0.39 is 12.0 Å². The minimum atomic E-state index is -0.929. The van der Waals surface area contributed by atoms with Crippen molar-refractivity contribution in [3.63, 3.8) is 0 Å². The molecule has 3 rings (SSSR count). The third-order valence-electron chi connectivity index (χ3n) is 4.83. The molecule has 1 aromatic carbocycles. The van der Waals surface area contributed by atoms with E-state index in [1.807, 2.05) is 39.8 Å². The number of ether oxygens (including phenoxy) is 1. The second kappa shape index (κ2) is 8.95. The van der Waals surface area contributed by atoms with Crippen LogP contribution in [0.1, 0.15) is 67.3 Å². The minimum absolute atomic E-state index is 0.0962. The van der Waals surface area contributed by atoms with Crippen LogP contribution in [0.4, 0.5) is 0 Å². The minimum Gasteiger partial charge on any atom is -0.467 e. The summed E-state index contributed by atoms with van der Waals surface area (Å²) in [4.78, 5) is 30.4. The molecule has 0 aliphatic heterocycles. The summed E-state index contributed by atoms with van der Waals surface area (Å²) in [7, 11) is 1.30. The van der Waals surface area contributed by atoms with E-state index in [1.54, 1.807) is 29.1 Å². The van der Waals surface area contributed by atoms with Crippen LogP contribution in [0.15, 0.2) is 41.0 Å². The van der Waals surface area contributed by atoms with Crippen LogP contribution in [-0.4, -0.2) is 33.8 Å². The van der Waals surface area contributed by atoms with Crippen molar-refractivity contribution >= 4 is 38.8 Å². The highest BCUT2D eigenvalue weighted by Gasteiger charge is 2.26. The molecule has 1 unspecified atom stereocenters. The number of carbonyl (C=O) groups excluding carboxylic acids is 2. The van der Waals surface area contributed by atoms with E-state index in [1.165, 1.54) is 7.11 Å². The van der Waals surface area contributed by atoms with Crippen LogP contribution in [0.2, 0.25) is 0 Å². The maximum atomic E-state index is 13.3. The third-order valence-corrected chi connectivity index (χ3v) is 5.36. The Morgan fingerprint density at radius 1 is 1.13 bits per heavy atom. The number of carbonyl (C=O) groups is 2. The van der Waals surface area contributed by atoms with Gasteiger partial charge in [0, 0.05) is 16.2 Å². The summed E-state index contributed by atoms with van der Waals surface area (Å²) >= 11 is 3.38. The van der Waals surface area contributed by atoms with Crippen LogP contribution < -0.4 is 5.32 Å². The molecule has 0 aliphatic rings. The van der Waals surface area contributed by atoms with Gasteiger partial charge >= 0.3 is 5.97 Å². The number of nitrogens with zero attached hydrogens (tertiary/aromatic N) is 3. The lowest BCUT2D eigenvalue weighted by Crippen LogP contribution is -2.34. The van der Waals surface area contributed by atoms with Gasteiger partial charge in [-0.1, -0.05) is 41.9 Å². The molecule has 30 heavy (non-hydrogen) atoms. The number of fused-ring (bicyclic) bond motifs is 1. The Morgan fingerprint density at radius 3 is 2.37 bits per heavy atom. The maximum Gasteiger partial charge on any atom is 0.333 e. The topological polar surface area (TPSA) is 86.1 Å². The van der Waals surface area contributed by atoms with E-state index >= 15 is 0 Å². The maximum absolute atomic E-state index is 13.3. The molecular weight excluding hydrogens is 448 g/mol. The first kappa shape index (κ1) is 22.0. The van der Waals surface area contributed by atoms with Crippen LogP contribution in [0.25, 0.3) is 11.0 Å². The van der Waals surface area contributed by atoms with Crippen LogP contribution in [0.3, 0.4) is 0 Å². The number of halogens is 1. The van der Waals surface area contributed by atoms with Gasteiger partial charge < -0.3 is 10.1 Å².